The average molecular weight is 182 g/mol. The first-order chi connectivity index (χ1) is 6.33. The molecule has 0 atom stereocenters. The summed E-state index contributed by atoms with van der Waals surface area (Å²) in [5.74, 6) is 0. The van der Waals surface area contributed by atoms with Crippen molar-refractivity contribution in [2.45, 2.75) is 58.3 Å². The molecule has 1 saturated carbocycles. The molecule has 0 aromatic carbocycles. The Hall–Kier alpha value is -0.0400. The zero-order valence-electron chi connectivity index (χ0n) is 9.02. The smallest absolute Gasteiger partial charge is 0.00204 e. The maximum Gasteiger partial charge on any atom is -0.00204 e. The van der Waals surface area contributed by atoms with Crippen LogP contribution in [-0.2, 0) is 0 Å². The van der Waals surface area contributed by atoms with E-state index in [1.807, 2.05) is 0 Å². The highest BCUT2D eigenvalue weighted by molar-refractivity contribution is 4.89. The van der Waals surface area contributed by atoms with Crippen molar-refractivity contribution in [3.8, 4) is 0 Å². The topological polar surface area (TPSA) is 26.0 Å². The molecule has 77 valence electrons. The Morgan fingerprint density at radius 2 is 2.00 bits per heavy atom. The second kappa shape index (κ2) is 5.64. The highest BCUT2D eigenvalue weighted by Gasteiger charge is 2.31. The molecule has 13 heavy (non-hydrogen) atoms. The van der Waals surface area contributed by atoms with E-state index in [0.29, 0.717) is 5.41 Å². The van der Waals surface area contributed by atoms with Crippen LogP contribution in [0.15, 0.2) is 0 Å². The minimum atomic E-state index is 0.508. The van der Waals surface area contributed by atoms with Gasteiger partial charge < -0.3 is 5.73 Å². The first-order valence-electron chi connectivity index (χ1n) is 5.85. The van der Waals surface area contributed by atoms with Gasteiger partial charge in [0.15, 0.2) is 0 Å². The Morgan fingerprint density at radius 3 is 2.54 bits per heavy atom. The molecule has 1 radical (unpaired) electrons. The molecular formula is C12H24N. The maximum atomic E-state index is 5.86. The number of unbranched alkanes of at least 4 members (excludes halogenated alkanes) is 3. The van der Waals surface area contributed by atoms with Gasteiger partial charge in [-0.15, -0.1) is 0 Å². The van der Waals surface area contributed by atoms with E-state index in [4.69, 9.17) is 5.73 Å². The van der Waals surface area contributed by atoms with Crippen LogP contribution in [0.2, 0.25) is 0 Å². The lowest BCUT2D eigenvalue weighted by Crippen LogP contribution is -2.27. The van der Waals surface area contributed by atoms with Gasteiger partial charge in [-0.2, -0.15) is 0 Å². The summed E-state index contributed by atoms with van der Waals surface area (Å²) in [6.07, 6.45) is 13.2. The van der Waals surface area contributed by atoms with E-state index < -0.39 is 0 Å². The van der Waals surface area contributed by atoms with Gasteiger partial charge in [0.05, 0.1) is 0 Å². The molecule has 0 amide bonds. The fraction of sp³-hybridized carbons (Fsp3) is 0.917. The van der Waals surface area contributed by atoms with Crippen molar-refractivity contribution >= 4 is 0 Å². The maximum absolute atomic E-state index is 5.86. The number of rotatable bonds is 6. The molecule has 1 fully saturated rings. The Morgan fingerprint density at radius 1 is 1.31 bits per heavy atom. The molecule has 1 aliphatic carbocycles. The molecule has 0 aliphatic heterocycles. The van der Waals surface area contributed by atoms with Gasteiger partial charge >= 0.3 is 0 Å². The van der Waals surface area contributed by atoms with Crippen molar-refractivity contribution < 1.29 is 0 Å². The Balaban J connectivity index is 2.16. The molecule has 1 heteroatoms. The quantitative estimate of drug-likeness (QED) is 0.627. The molecule has 1 nitrogen and oxygen atoms in total. The predicted molar refractivity (Wildman–Crippen MR) is 58.4 cm³/mol. The summed E-state index contributed by atoms with van der Waals surface area (Å²) < 4.78 is 0. The lowest BCUT2D eigenvalue weighted by atomic mass is 9.81. The average Bonchev–Trinajstić information content (AvgIpc) is 2.62. The van der Waals surface area contributed by atoms with Gasteiger partial charge in [-0.3, -0.25) is 0 Å². The molecule has 0 spiro atoms. The molecule has 0 saturated heterocycles. The summed E-state index contributed by atoms with van der Waals surface area (Å²) in [6.45, 7) is 3.15. The second-order valence-electron chi connectivity index (χ2n) is 4.55. The molecule has 0 bridgehead atoms. The van der Waals surface area contributed by atoms with E-state index >= 15 is 0 Å². The Kier molecular flexibility index (Phi) is 4.79. The van der Waals surface area contributed by atoms with Gasteiger partial charge in [0, 0.05) is 0 Å². The number of hydrogen-bond acceptors (Lipinski definition) is 1. The first kappa shape index (κ1) is 11.0. The molecular weight excluding hydrogens is 158 g/mol. The summed E-state index contributed by atoms with van der Waals surface area (Å²) >= 11 is 0. The predicted octanol–water partition coefficient (Wildman–Crippen LogP) is 3.29. The minimum absolute atomic E-state index is 0.508. The third kappa shape index (κ3) is 3.30. The van der Waals surface area contributed by atoms with Gasteiger partial charge in [0.25, 0.3) is 0 Å². The fourth-order valence-electron chi connectivity index (χ4n) is 2.37. The Bertz CT molecular complexity index is 125. The van der Waals surface area contributed by atoms with Crippen molar-refractivity contribution in [3.05, 3.63) is 6.42 Å². The van der Waals surface area contributed by atoms with Gasteiger partial charge in [-0.25, -0.2) is 0 Å². The summed E-state index contributed by atoms with van der Waals surface area (Å²) in [5, 5.41) is 0. The molecule has 0 aromatic rings. The Labute approximate surface area is 83.1 Å². The van der Waals surface area contributed by atoms with Crippen LogP contribution in [0.25, 0.3) is 0 Å². The molecule has 0 heterocycles. The van der Waals surface area contributed by atoms with Crippen LogP contribution in [0.5, 0.6) is 0 Å². The van der Waals surface area contributed by atoms with Gasteiger partial charge in [0.2, 0.25) is 0 Å². The highest BCUT2D eigenvalue weighted by Crippen LogP contribution is 2.41. The van der Waals surface area contributed by atoms with Crippen LogP contribution in [0.1, 0.15) is 58.3 Å². The van der Waals surface area contributed by atoms with Crippen LogP contribution in [0.4, 0.5) is 0 Å². The van der Waals surface area contributed by atoms with Crippen LogP contribution in [0, 0.1) is 11.8 Å². The minimum Gasteiger partial charge on any atom is -0.330 e. The lowest BCUT2D eigenvalue weighted by molar-refractivity contribution is 0.300. The van der Waals surface area contributed by atoms with Crippen molar-refractivity contribution in [1.82, 2.24) is 0 Å². The zero-order chi connectivity index (χ0) is 9.57. The van der Waals surface area contributed by atoms with Gasteiger partial charge in [-0.1, -0.05) is 39.0 Å². The second-order valence-corrected chi connectivity index (χ2v) is 4.55. The van der Waals surface area contributed by atoms with E-state index in [1.54, 1.807) is 0 Å². The molecule has 0 aromatic heterocycles. The zero-order valence-corrected chi connectivity index (χ0v) is 9.02. The largest absolute Gasteiger partial charge is 0.330 e. The summed E-state index contributed by atoms with van der Waals surface area (Å²) in [5.41, 5.74) is 6.37. The van der Waals surface area contributed by atoms with Crippen molar-refractivity contribution in [2.24, 2.45) is 11.1 Å². The van der Waals surface area contributed by atoms with Crippen LogP contribution in [0.3, 0.4) is 0 Å². The van der Waals surface area contributed by atoms with E-state index in [2.05, 4.69) is 13.3 Å². The van der Waals surface area contributed by atoms with Crippen molar-refractivity contribution in [2.75, 3.05) is 6.54 Å². The lowest BCUT2D eigenvalue weighted by Gasteiger charge is -2.26. The van der Waals surface area contributed by atoms with Crippen molar-refractivity contribution in [1.29, 1.82) is 0 Å². The highest BCUT2D eigenvalue weighted by atomic mass is 14.6. The van der Waals surface area contributed by atoms with E-state index in [-0.39, 0.29) is 0 Å². The summed E-state index contributed by atoms with van der Waals surface area (Å²) in [6, 6.07) is 0. The van der Waals surface area contributed by atoms with Crippen LogP contribution in [-0.4, -0.2) is 6.54 Å². The SMILES string of the molecule is CCCC[CH]CC1(CN)CCCC1. The third-order valence-electron chi connectivity index (χ3n) is 3.44. The van der Waals surface area contributed by atoms with E-state index in [1.165, 1.54) is 51.4 Å². The normalized spacial score (nSPS) is 20.8. The first-order valence-corrected chi connectivity index (χ1v) is 5.85. The van der Waals surface area contributed by atoms with E-state index in [9.17, 15) is 0 Å². The van der Waals surface area contributed by atoms with Gasteiger partial charge in [0.1, 0.15) is 0 Å². The van der Waals surface area contributed by atoms with Crippen LogP contribution < -0.4 is 5.73 Å². The van der Waals surface area contributed by atoms with E-state index in [0.717, 1.165) is 6.54 Å². The number of hydrogen-bond donors (Lipinski definition) is 1. The standard InChI is InChI=1S/C12H24N/c1-2-3-4-5-8-12(11-13)9-6-7-10-12/h5H,2-4,6-11,13H2,1H3. The summed E-state index contributed by atoms with van der Waals surface area (Å²) in [4.78, 5) is 0. The molecule has 1 aliphatic rings. The number of nitrogens with two attached hydrogens (primary N) is 1. The molecule has 0 unspecified atom stereocenters. The third-order valence-corrected chi connectivity index (χ3v) is 3.44. The monoisotopic (exact) mass is 182 g/mol. The summed E-state index contributed by atoms with van der Waals surface area (Å²) in [7, 11) is 0. The molecule has 2 N–H and O–H groups in total. The van der Waals surface area contributed by atoms with Crippen molar-refractivity contribution in [3.63, 3.8) is 0 Å². The fourth-order valence-corrected chi connectivity index (χ4v) is 2.37. The van der Waals surface area contributed by atoms with Crippen LogP contribution >= 0.6 is 0 Å². The van der Waals surface area contributed by atoms with Gasteiger partial charge in [-0.05, 0) is 37.6 Å². The molecule has 1 rings (SSSR count).